The average Bonchev–Trinajstić information content (AvgIpc) is 2.03. The van der Waals surface area contributed by atoms with Crippen molar-refractivity contribution < 1.29 is 13.2 Å². The molecule has 0 amide bonds. The van der Waals surface area contributed by atoms with Gasteiger partial charge in [0, 0.05) is 6.20 Å². The maximum atomic E-state index is 11.9. The summed E-state index contributed by atoms with van der Waals surface area (Å²) in [4.78, 5) is 5.94. The van der Waals surface area contributed by atoms with Gasteiger partial charge in [-0.15, -0.1) is 0 Å². The first-order chi connectivity index (χ1) is 5.54. The van der Waals surface area contributed by atoms with Crippen LogP contribution in [0.15, 0.2) is 18.3 Å². The summed E-state index contributed by atoms with van der Waals surface area (Å²) in [5.41, 5.74) is -1.09. The molecule has 0 unspecified atom stereocenters. The van der Waals surface area contributed by atoms with Gasteiger partial charge in [0.05, 0.1) is 6.57 Å². The standard InChI is InChI=1S/C7H3F3N2/c1-11-5-2-3-12-6(4-5)7(8,9)10/h2-4H. The van der Waals surface area contributed by atoms with E-state index in [0.717, 1.165) is 6.20 Å². The van der Waals surface area contributed by atoms with Crippen LogP contribution in [0.5, 0.6) is 0 Å². The first-order valence-corrected chi connectivity index (χ1v) is 2.95. The van der Waals surface area contributed by atoms with E-state index in [1.165, 1.54) is 6.07 Å². The summed E-state index contributed by atoms with van der Waals surface area (Å²) in [6.07, 6.45) is -3.50. The first-order valence-electron chi connectivity index (χ1n) is 2.95. The molecule has 1 aromatic rings. The van der Waals surface area contributed by atoms with Crippen LogP contribution in [0, 0.1) is 6.57 Å². The van der Waals surface area contributed by atoms with Gasteiger partial charge in [-0.2, -0.15) is 13.2 Å². The molecule has 5 heteroatoms. The summed E-state index contributed by atoms with van der Waals surface area (Å²) in [7, 11) is 0. The highest BCUT2D eigenvalue weighted by atomic mass is 19.4. The van der Waals surface area contributed by atoms with Crippen molar-refractivity contribution in [2.24, 2.45) is 0 Å². The van der Waals surface area contributed by atoms with Gasteiger partial charge in [0.2, 0.25) is 0 Å². The van der Waals surface area contributed by atoms with Gasteiger partial charge in [-0.1, -0.05) is 0 Å². The Bertz CT molecular complexity index is 324. The van der Waals surface area contributed by atoms with Crippen molar-refractivity contribution in [2.75, 3.05) is 0 Å². The van der Waals surface area contributed by atoms with Crippen LogP contribution in [0.4, 0.5) is 18.9 Å². The van der Waals surface area contributed by atoms with Gasteiger partial charge in [0.25, 0.3) is 0 Å². The highest BCUT2D eigenvalue weighted by Crippen LogP contribution is 2.29. The first kappa shape index (κ1) is 8.53. The van der Waals surface area contributed by atoms with E-state index in [4.69, 9.17) is 6.57 Å². The number of aromatic nitrogens is 1. The number of nitrogens with zero attached hydrogens (tertiary/aromatic N) is 2. The van der Waals surface area contributed by atoms with E-state index in [0.29, 0.717) is 6.07 Å². The second kappa shape index (κ2) is 2.81. The van der Waals surface area contributed by atoms with Crippen LogP contribution in [-0.4, -0.2) is 4.98 Å². The third kappa shape index (κ3) is 1.72. The summed E-state index contributed by atoms with van der Waals surface area (Å²) >= 11 is 0. The Morgan fingerprint density at radius 2 is 2.08 bits per heavy atom. The lowest BCUT2D eigenvalue weighted by Crippen LogP contribution is -2.06. The van der Waals surface area contributed by atoms with Gasteiger partial charge >= 0.3 is 6.18 Å². The zero-order valence-corrected chi connectivity index (χ0v) is 5.76. The smallest absolute Gasteiger partial charge is 0.254 e. The van der Waals surface area contributed by atoms with Crippen molar-refractivity contribution in [1.82, 2.24) is 4.98 Å². The zero-order valence-electron chi connectivity index (χ0n) is 5.76. The monoisotopic (exact) mass is 172 g/mol. The van der Waals surface area contributed by atoms with Crippen LogP contribution in [-0.2, 0) is 6.18 Å². The van der Waals surface area contributed by atoms with Crippen molar-refractivity contribution in [3.05, 3.63) is 35.4 Å². The Balaban J connectivity index is 3.13. The minimum atomic E-state index is -4.47. The lowest BCUT2D eigenvalue weighted by molar-refractivity contribution is -0.141. The molecule has 0 fully saturated rings. The molecule has 0 aliphatic heterocycles. The van der Waals surface area contributed by atoms with Crippen molar-refractivity contribution in [1.29, 1.82) is 0 Å². The van der Waals surface area contributed by atoms with Crippen molar-refractivity contribution in [2.45, 2.75) is 6.18 Å². The molecule has 0 bridgehead atoms. The van der Waals surface area contributed by atoms with E-state index in [1.807, 2.05) is 0 Å². The highest BCUT2D eigenvalue weighted by Gasteiger charge is 2.32. The maximum Gasteiger partial charge on any atom is 0.432 e. The molecule has 0 aliphatic carbocycles. The molecule has 0 aliphatic rings. The van der Waals surface area contributed by atoms with E-state index in [-0.39, 0.29) is 5.69 Å². The van der Waals surface area contributed by atoms with Crippen LogP contribution in [0.2, 0.25) is 0 Å². The Morgan fingerprint density at radius 1 is 1.42 bits per heavy atom. The second-order valence-corrected chi connectivity index (χ2v) is 2.01. The van der Waals surface area contributed by atoms with Crippen molar-refractivity contribution in [3.8, 4) is 0 Å². The summed E-state index contributed by atoms with van der Waals surface area (Å²) in [5.74, 6) is 0. The van der Waals surface area contributed by atoms with Crippen LogP contribution in [0.1, 0.15) is 5.69 Å². The van der Waals surface area contributed by atoms with Gasteiger partial charge in [-0.3, -0.25) is 4.98 Å². The minimum Gasteiger partial charge on any atom is -0.254 e. The third-order valence-electron chi connectivity index (χ3n) is 1.16. The second-order valence-electron chi connectivity index (χ2n) is 2.01. The summed E-state index contributed by atoms with van der Waals surface area (Å²) < 4.78 is 35.8. The molecule has 62 valence electrons. The molecule has 1 aromatic heterocycles. The van der Waals surface area contributed by atoms with E-state index in [1.54, 1.807) is 0 Å². The zero-order chi connectivity index (χ0) is 9.19. The van der Waals surface area contributed by atoms with Crippen LogP contribution >= 0.6 is 0 Å². The molecule has 0 aromatic carbocycles. The average molecular weight is 172 g/mol. The van der Waals surface area contributed by atoms with Crippen molar-refractivity contribution in [3.63, 3.8) is 0 Å². The highest BCUT2D eigenvalue weighted by molar-refractivity contribution is 5.44. The van der Waals surface area contributed by atoms with Crippen LogP contribution < -0.4 is 0 Å². The third-order valence-corrected chi connectivity index (χ3v) is 1.16. The molecule has 0 atom stereocenters. The lowest BCUT2D eigenvalue weighted by atomic mass is 10.3. The van der Waals surface area contributed by atoms with Gasteiger partial charge in [0.15, 0.2) is 5.69 Å². The SMILES string of the molecule is [C-]#[N+]c1ccnc(C(F)(F)F)c1. The fourth-order valence-corrected chi connectivity index (χ4v) is 0.644. The van der Waals surface area contributed by atoms with Gasteiger partial charge < -0.3 is 0 Å². The van der Waals surface area contributed by atoms with Gasteiger partial charge in [-0.05, 0) is 12.1 Å². The van der Waals surface area contributed by atoms with Gasteiger partial charge in [-0.25, -0.2) is 4.85 Å². The molecule has 12 heavy (non-hydrogen) atoms. The number of alkyl halides is 3. The number of rotatable bonds is 0. The molecule has 0 N–H and O–H groups in total. The topological polar surface area (TPSA) is 17.2 Å². The Morgan fingerprint density at radius 3 is 2.58 bits per heavy atom. The molecule has 0 saturated carbocycles. The molecule has 2 nitrogen and oxygen atoms in total. The summed E-state index contributed by atoms with van der Waals surface area (Å²) in [6.45, 7) is 6.47. The lowest BCUT2D eigenvalue weighted by Gasteiger charge is -2.04. The molecule has 0 radical (unpaired) electrons. The van der Waals surface area contributed by atoms with Crippen LogP contribution in [0.25, 0.3) is 4.85 Å². The molecule has 1 heterocycles. The van der Waals surface area contributed by atoms with E-state index >= 15 is 0 Å². The van der Waals surface area contributed by atoms with Gasteiger partial charge in [0.1, 0.15) is 5.69 Å². The Hall–Kier alpha value is -1.57. The predicted molar refractivity (Wildman–Crippen MR) is 35.5 cm³/mol. The molecular weight excluding hydrogens is 169 g/mol. The molecule has 1 rings (SSSR count). The van der Waals surface area contributed by atoms with E-state index in [9.17, 15) is 13.2 Å². The van der Waals surface area contributed by atoms with E-state index < -0.39 is 11.9 Å². The molecule has 0 spiro atoms. The maximum absolute atomic E-state index is 11.9. The molecule has 0 saturated heterocycles. The Labute approximate surface area is 66.5 Å². The number of halogens is 3. The molecular formula is C7H3F3N2. The predicted octanol–water partition coefficient (Wildman–Crippen LogP) is 2.65. The summed E-state index contributed by atoms with van der Waals surface area (Å²) in [6, 6.07) is 1.94. The number of pyridine rings is 1. The largest absolute Gasteiger partial charge is 0.432 e. The normalized spacial score (nSPS) is 10.8. The fourth-order valence-electron chi connectivity index (χ4n) is 0.644. The minimum absolute atomic E-state index is 0.0580. The number of hydrogen-bond donors (Lipinski definition) is 0. The van der Waals surface area contributed by atoms with Crippen LogP contribution in [0.3, 0.4) is 0 Å². The van der Waals surface area contributed by atoms with Crippen molar-refractivity contribution >= 4 is 5.69 Å². The fraction of sp³-hybridized carbons (Fsp3) is 0.143. The number of hydrogen-bond acceptors (Lipinski definition) is 1. The van der Waals surface area contributed by atoms with E-state index in [2.05, 4.69) is 9.83 Å². The quantitative estimate of drug-likeness (QED) is 0.550. The summed E-state index contributed by atoms with van der Waals surface area (Å²) in [5, 5.41) is 0. The Kier molecular flexibility index (Phi) is 2.00.